The number of hydrogen-bond donors (Lipinski definition) is 0. The van der Waals surface area contributed by atoms with Crippen LogP contribution in [0.5, 0.6) is 0 Å². The van der Waals surface area contributed by atoms with Gasteiger partial charge < -0.3 is 14.2 Å². The van der Waals surface area contributed by atoms with Crippen LogP contribution >= 0.6 is 15.9 Å². The number of alkyl halides is 1. The van der Waals surface area contributed by atoms with Gasteiger partial charge in [-0.25, -0.2) is 9.59 Å². The highest BCUT2D eigenvalue weighted by atomic mass is 79.9. The number of halogens is 1. The predicted octanol–water partition coefficient (Wildman–Crippen LogP) is 0.0700. The average Bonchev–Trinajstić information content (AvgIpc) is 2.11. The Morgan fingerprint density at radius 1 is 1.42 bits per heavy atom. The molecule has 0 aliphatic heterocycles. The van der Waals surface area contributed by atoms with Crippen molar-refractivity contribution >= 4 is 27.9 Å². The van der Waals surface area contributed by atoms with Crippen LogP contribution in [0.2, 0.25) is 0 Å². The van der Waals surface area contributed by atoms with Crippen LogP contribution < -0.4 is 0 Å². The molecule has 0 N–H and O–H groups in total. The minimum Gasteiger partial charge on any atom is -0.466 e. The summed E-state index contributed by atoms with van der Waals surface area (Å²) in [5.74, 6) is -1.28. The normalized spacial score (nSPS) is 11.9. The van der Waals surface area contributed by atoms with Gasteiger partial charge in [-0.15, -0.1) is 0 Å². The molecule has 0 aromatic carbocycles. The van der Waals surface area contributed by atoms with Gasteiger partial charge in [0.15, 0.2) is 6.61 Å². The topological polar surface area (TPSA) is 61.8 Å². The van der Waals surface area contributed by atoms with Crippen molar-refractivity contribution in [2.75, 3.05) is 20.8 Å². The molecule has 0 aromatic rings. The van der Waals surface area contributed by atoms with Crippen molar-refractivity contribution in [3.63, 3.8) is 0 Å². The van der Waals surface area contributed by atoms with E-state index in [1.165, 1.54) is 14.2 Å². The SMILES string of the molecule is COC(=O)COC(=O)C(Br)OC. The van der Waals surface area contributed by atoms with E-state index in [0.29, 0.717) is 0 Å². The highest BCUT2D eigenvalue weighted by molar-refractivity contribution is 9.09. The van der Waals surface area contributed by atoms with E-state index in [-0.39, 0.29) is 0 Å². The second kappa shape index (κ2) is 5.96. The molecule has 0 fully saturated rings. The second-order valence-corrected chi connectivity index (χ2v) is 2.57. The first-order chi connectivity index (χ1) is 5.61. The maximum absolute atomic E-state index is 10.8. The molecule has 0 radical (unpaired) electrons. The third-order valence-electron chi connectivity index (χ3n) is 0.952. The lowest BCUT2D eigenvalue weighted by Gasteiger charge is -2.06. The molecule has 1 unspecified atom stereocenters. The largest absolute Gasteiger partial charge is 0.466 e. The van der Waals surface area contributed by atoms with E-state index in [1.807, 2.05) is 0 Å². The van der Waals surface area contributed by atoms with Gasteiger partial charge >= 0.3 is 11.9 Å². The zero-order valence-electron chi connectivity index (χ0n) is 6.70. The average molecular weight is 241 g/mol. The summed E-state index contributed by atoms with van der Waals surface area (Å²) in [6.07, 6.45) is 0. The first-order valence-corrected chi connectivity index (χ1v) is 3.93. The van der Waals surface area contributed by atoms with E-state index < -0.39 is 23.6 Å². The summed E-state index contributed by atoms with van der Waals surface area (Å²) in [7, 11) is 2.54. The Morgan fingerprint density at radius 2 is 2.00 bits per heavy atom. The summed E-state index contributed by atoms with van der Waals surface area (Å²) >= 11 is 2.87. The number of ether oxygens (including phenoxy) is 3. The molecule has 0 heterocycles. The smallest absolute Gasteiger partial charge is 0.346 e. The molecule has 1 atom stereocenters. The zero-order chi connectivity index (χ0) is 9.56. The molecule has 0 rings (SSSR count). The first kappa shape index (κ1) is 11.4. The summed E-state index contributed by atoms with van der Waals surface area (Å²) in [5.41, 5.74) is 0. The summed E-state index contributed by atoms with van der Waals surface area (Å²) in [4.78, 5) is 21.3. The number of esters is 2. The minimum atomic E-state index is -0.845. The van der Waals surface area contributed by atoms with Crippen LogP contribution in [0.25, 0.3) is 0 Å². The summed E-state index contributed by atoms with van der Waals surface area (Å²) in [6, 6.07) is 0. The Bertz CT molecular complexity index is 169. The van der Waals surface area contributed by atoms with Gasteiger partial charge in [0.25, 0.3) is 0 Å². The van der Waals surface area contributed by atoms with Crippen molar-refractivity contribution in [2.45, 2.75) is 5.01 Å². The van der Waals surface area contributed by atoms with Crippen LogP contribution in [-0.4, -0.2) is 37.8 Å². The zero-order valence-corrected chi connectivity index (χ0v) is 8.29. The molecular weight excluding hydrogens is 232 g/mol. The number of carbonyl (C=O) groups excluding carboxylic acids is 2. The van der Waals surface area contributed by atoms with E-state index in [1.54, 1.807) is 0 Å². The fourth-order valence-electron chi connectivity index (χ4n) is 0.351. The standard InChI is InChI=1S/C6H9BrO5/c1-10-4(8)3-12-6(9)5(7)11-2/h5H,3H2,1-2H3. The van der Waals surface area contributed by atoms with Crippen molar-refractivity contribution in [1.82, 2.24) is 0 Å². The molecule has 0 aliphatic carbocycles. The summed E-state index contributed by atoms with van der Waals surface area (Å²) in [5, 5.41) is -0.845. The van der Waals surface area contributed by atoms with Gasteiger partial charge in [0.05, 0.1) is 7.11 Å². The van der Waals surface area contributed by atoms with Gasteiger partial charge in [-0.2, -0.15) is 0 Å². The summed E-state index contributed by atoms with van der Waals surface area (Å²) in [6.45, 7) is -0.402. The molecule has 6 heteroatoms. The van der Waals surface area contributed by atoms with Crippen LogP contribution in [0, 0.1) is 0 Å². The van der Waals surface area contributed by atoms with E-state index in [4.69, 9.17) is 0 Å². The van der Waals surface area contributed by atoms with Crippen LogP contribution in [-0.2, 0) is 23.8 Å². The van der Waals surface area contributed by atoms with E-state index in [0.717, 1.165) is 0 Å². The Balaban J connectivity index is 3.64. The first-order valence-electron chi connectivity index (χ1n) is 3.02. The second-order valence-electron chi connectivity index (χ2n) is 1.74. The molecule has 0 aromatic heterocycles. The Kier molecular flexibility index (Phi) is 5.65. The highest BCUT2D eigenvalue weighted by Crippen LogP contribution is 2.01. The number of rotatable bonds is 4. The maximum atomic E-state index is 10.8. The lowest BCUT2D eigenvalue weighted by Crippen LogP contribution is -2.22. The third kappa shape index (κ3) is 4.30. The molecule has 5 nitrogen and oxygen atoms in total. The number of carbonyl (C=O) groups is 2. The lowest BCUT2D eigenvalue weighted by molar-refractivity contribution is -0.160. The molecule has 0 aliphatic rings. The Morgan fingerprint density at radius 3 is 2.42 bits per heavy atom. The van der Waals surface area contributed by atoms with E-state index in [2.05, 4.69) is 30.1 Å². The van der Waals surface area contributed by atoms with Gasteiger partial charge in [-0.05, 0) is 15.9 Å². The van der Waals surface area contributed by atoms with Gasteiger partial charge in [0, 0.05) is 7.11 Å². The molecule has 0 saturated heterocycles. The van der Waals surface area contributed by atoms with Crippen LogP contribution in [0.1, 0.15) is 0 Å². The van der Waals surface area contributed by atoms with Crippen molar-refractivity contribution in [3.8, 4) is 0 Å². The minimum absolute atomic E-state index is 0.402. The fourth-order valence-corrected chi connectivity index (χ4v) is 0.483. The molecule has 12 heavy (non-hydrogen) atoms. The van der Waals surface area contributed by atoms with Gasteiger partial charge in [0.2, 0.25) is 5.01 Å². The van der Waals surface area contributed by atoms with Crippen LogP contribution in [0.15, 0.2) is 0 Å². The van der Waals surface area contributed by atoms with Crippen LogP contribution in [0.3, 0.4) is 0 Å². The Hall–Kier alpha value is -0.620. The van der Waals surface area contributed by atoms with E-state index >= 15 is 0 Å². The quantitative estimate of drug-likeness (QED) is 0.514. The van der Waals surface area contributed by atoms with Crippen molar-refractivity contribution in [3.05, 3.63) is 0 Å². The van der Waals surface area contributed by atoms with E-state index in [9.17, 15) is 9.59 Å². The monoisotopic (exact) mass is 240 g/mol. The molecule has 0 bridgehead atoms. The molecule has 70 valence electrons. The van der Waals surface area contributed by atoms with Crippen molar-refractivity contribution in [2.24, 2.45) is 0 Å². The van der Waals surface area contributed by atoms with Gasteiger partial charge in [-0.3, -0.25) is 0 Å². The van der Waals surface area contributed by atoms with Crippen molar-refractivity contribution in [1.29, 1.82) is 0 Å². The highest BCUT2D eigenvalue weighted by Gasteiger charge is 2.16. The predicted molar refractivity (Wildman–Crippen MR) is 42.7 cm³/mol. The number of hydrogen-bond acceptors (Lipinski definition) is 5. The molecule has 0 amide bonds. The lowest BCUT2D eigenvalue weighted by atomic mass is 10.7. The van der Waals surface area contributed by atoms with Crippen LogP contribution in [0.4, 0.5) is 0 Å². The third-order valence-corrected chi connectivity index (χ3v) is 1.70. The Labute approximate surface area is 78.1 Å². The fraction of sp³-hybridized carbons (Fsp3) is 0.667. The summed E-state index contributed by atoms with van der Waals surface area (Å²) < 4.78 is 13.3. The number of methoxy groups -OCH3 is 2. The molecular formula is C6H9BrO5. The van der Waals surface area contributed by atoms with Gasteiger partial charge in [0.1, 0.15) is 0 Å². The van der Waals surface area contributed by atoms with Crippen molar-refractivity contribution < 1.29 is 23.8 Å². The van der Waals surface area contributed by atoms with Gasteiger partial charge in [-0.1, -0.05) is 0 Å². The molecule has 0 spiro atoms. The maximum Gasteiger partial charge on any atom is 0.346 e. The molecule has 0 saturated carbocycles.